The minimum Gasteiger partial charge on any atom is -0.406 e. The number of ether oxygens (including phenoxy) is 1. The van der Waals surface area contributed by atoms with Crippen molar-refractivity contribution in [2.24, 2.45) is 0 Å². The van der Waals surface area contributed by atoms with Crippen LogP contribution in [-0.2, 0) is 10.0 Å². The minimum absolute atomic E-state index is 0.0738. The van der Waals surface area contributed by atoms with Gasteiger partial charge in [-0.15, -0.1) is 13.2 Å². The maximum absolute atomic E-state index is 12.7. The Labute approximate surface area is 140 Å². The zero-order valence-electron chi connectivity index (χ0n) is 14.1. The molecule has 1 N–H and O–H groups in total. The van der Waals surface area contributed by atoms with E-state index in [1.165, 1.54) is 4.31 Å². The molecule has 9 heteroatoms. The summed E-state index contributed by atoms with van der Waals surface area (Å²) in [7, 11) is -3.80. The molecule has 24 heavy (non-hydrogen) atoms. The molecule has 0 atom stereocenters. The molecular weight excluding hydrogens is 345 g/mol. The van der Waals surface area contributed by atoms with Gasteiger partial charge in [-0.2, -0.15) is 4.31 Å². The normalized spacial score (nSPS) is 13.1. The quantitative estimate of drug-likeness (QED) is 0.766. The van der Waals surface area contributed by atoms with E-state index in [4.69, 9.17) is 0 Å². The molecule has 1 aromatic carbocycles. The Morgan fingerprint density at radius 1 is 1.12 bits per heavy atom. The second-order valence-electron chi connectivity index (χ2n) is 5.84. The highest BCUT2D eigenvalue weighted by Crippen LogP contribution is 2.25. The molecule has 1 aromatic rings. The van der Waals surface area contributed by atoms with Crippen molar-refractivity contribution in [2.45, 2.75) is 51.0 Å². The second kappa shape index (κ2) is 8.17. The topological polar surface area (TPSA) is 58.6 Å². The highest BCUT2D eigenvalue weighted by atomic mass is 32.2. The van der Waals surface area contributed by atoms with Crippen molar-refractivity contribution < 1.29 is 26.3 Å². The van der Waals surface area contributed by atoms with Gasteiger partial charge in [-0.1, -0.05) is 13.8 Å². The van der Waals surface area contributed by atoms with Crippen LogP contribution >= 0.6 is 0 Å². The minimum atomic E-state index is -4.81. The van der Waals surface area contributed by atoms with Gasteiger partial charge in [-0.3, -0.25) is 0 Å². The molecule has 0 radical (unpaired) electrons. The first kappa shape index (κ1) is 20.7. The molecule has 5 nitrogen and oxygen atoms in total. The summed E-state index contributed by atoms with van der Waals surface area (Å²) in [5.41, 5.74) is 0. The van der Waals surface area contributed by atoms with E-state index in [1.807, 2.05) is 13.8 Å². The zero-order valence-corrected chi connectivity index (χ0v) is 14.9. The second-order valence-corrected chi connectivity index (χ2v) is 7.73. The highest BCUT2D eigenvalue weighted by Gasteiger charge is 2.31. The number of sulfonamides is 1. The lowest BCUT2D eigenvalue weighted by atomic mass is 10.3. The molecule has 0 bridgehead atoms. The van der Waals surface area contributed by atoms with Crippen LogP contribution in [0.25, 0.3) is 0 Å². The van der Waals surface area contributed by atoms with Crippen LogP contribution < -0.4 is 10.1 Å². The van der Waals surface area contributed by atoms with Gasteiger partial charge >= 0.3 is 6.36 Å². The number of benzene rings is 1. The average Bonchev–Trinajstić information content (AvgIpc) is 2.41. The molecule has 0 aromatic heterocycles. The van der Waals surface area contributed by atoms with Gasteiger partial charge in [-0.25, -0.2) is 8.42 Å². The summed E-state index contributed by atoms with van der Waals surface area (Å²) in [4.78, 5) is -0.0738. The van der Waals surface area contributed by atoms with Gasteiger partial charge in [0.05, 0.1) is 4.90 Å². The van der Waals surface area contributed by atoms with Crippen LogP contribution in [0.15, 0.2) is 29.2 Å². The predicted molar refractivity (Wildman–Crippen MR) is 85.3 cm³/mol. The van der Waals surface area contributed by atoms with Crippen LogP contribution in [0.5, 0.6) is 5.75 Å². The van der Waals surface area contributed by atoms with Gasteiger partial charge in [0.2, 0.25) is 10.0 Å². The lowest BCUT2D eigenvalue weighted by Crippen LogP contribution is -2.42. The molecule has 0 aliphatic rings. The Kier molecular flexibility index (Phi) is 7.06. The van der Waals surface area contributed by atoms with E-state index in [9.17, 15) is 21.6 Å². The van der Waals surface area contributed by atoms with Gasteiger partial charge in [0, 0.05) is 25.2 Å². The van der Waals surface area contributed by atoms with Crippen molar-refractivity contribution in [1.29, 1.82) is 0 Å². The van der Waals surface area contributed by atoms with Crippen LogP contribution in [0.2, 0.25) is 0 Å². The smallest absolute Gasteiger partial charge is 0.406 e. The van der Waals surface area contributed by atoms with E-state index in [1.54, 1.807) is 13.8 Å². The molecule has 0 unspecified atom stereocenters. The van der Waals surface area contributed by atoms with E-state index in [2.05, 4.69) is 10.1 Å². The SMILES string of the molecule is CC(C)NCCN(C(C)C)S(=O)(=O)c1ccc(OC(F)(F)F)cc1. The number of alkyl halides is 3. The first-order valence-electron chi connectivity index (χ1n) is 7.54. The molecule has 138 valence electrons. The average molecular weight is 368 g/mol. The van der Waals surface area contributed by atoms with Gasteiger partial charge < -0.3 is 10.1 Å². The molecular formula is C15H23F3N2O3S. The van der Waals surface area contributed by atoms with Gasteiger partial charge in [0.15, 0.2) is 0 Å². The van der Waals surface area contributed by atoms with Crippen molar-refractivity contribution in [3.05, 3.63) is 24.3 Å². The Hall–Kier alpha value is -1.32. The molecule has 0 aliphatic heterocycles. The Balaban J connectivity index is 2.94. The third-order valence-electron chi connectivity index (χ3n) is 3.12. The number of nitrogens with zero attached hydrogens (tertiary/aromatic N) is 1. The summed E-state index contributed by atoms with van der Waals surface area (Å²) >= 11 is 0. The molecule has 0 saturated carbocycles. The standard InChI is InChI=1S/C15H23F3N2O3S/c1-11(2)19-9-10-20(12(3)4)24(21,22)14-7-5-13(6-8-14)23-15(16,17)18/h5-8,11-12,19H,9-10H2,1-4H3. The van der Waals surface area contributed by atoms with Crippen molar-refractivity contribution in [2.75, 3.05) is 13.1 Å². The number of nitrogens with one attached hydrogen (secondary N) is 1. The Bertz CT molecular complexity index is 614. The van der Waals surface area contributed by atoms with Crippen molar-refractivity contribution in [3.63, 3.8) is 0 Å². The highest BCUT2D eigenvalue weighted by molar-refractivity contribution is 7.89. The summed E-state index contributed by atoms with van der Waals surface area (Å²) in [6.45, 7) is 8.13. The molecule has 0 heterocycles. The summed E-state index contributed by atoms with van der Waals surface area (Å²) in [5, 5.41) is 3.14. The van der Waals surface area contributed by atoms with E-state index < -0.39 is 22.1 Å². The number of rotatable bonds is 8. The summed E-state index contributed by atoms with van der Waals surface area (Å²) in [6.07, 6.45) is -4.81. The van der Waals surface area contributed by atoms with Crippen LogP contribution in [0, 0.1) is 0 Å². The van der Waals surface area contributed by atoms with E-state index in [-0.39, 0.29) is 23.5 Å². The first-order valence-corrected chi connectivity index (χ1v) is 8.98. The van der Waals surface area contributed by atoms with Gasteiger partial charge in [0.25, 0.3) is 0 Å². The predicted octanol–water partition coefficient (Wildman–Crippen LogP) is 2.98. The fourth-order valence-corrected chi connectivity index (χ4v) is 3.71. The first-order chi connectivity index (χ1) is 10.9. The number of hydrogen-bond acceptors (Lipinski definition) is 4. The summed E-state index contributed by atoms with van der Waals surface area (Å²) < 4.78 is 66.9. The van der Waals surface area contributed by atoms with Crippen LogP contribution in [0.1, 0.15) is 27.7 Å². The van der Waals surface area contributed by atoms with E-state index in [0.29, 0.717) is 6.54 Å². The Morgan fingerprint density at radius 2 is 1.67 bits per heavy atom. The maximum atomic E-state index is 12.7. The fourth-order valence-electron chi connectivity index (χ4n) is 2.07. The van der Waals surface area contributed by atoms with Gasteiger partial charge in [-0.05, 0) is 38.1 Å². The monoisotopic (exact) mass is 368 g/mol. The molecule has 0 saturated heterocycles. The third kappa shape index (κ3) is 6.29. The molecule has 0 spiro atoms. The van der Waals surface area contributed by atoms with Crippen LogP contribution in [0.3, 0.4) is 0 Å². The van der Waals surface area contributed by atoms with Crippen LogP contribution in [-0.4, -0.2) is 44.3 Å². The maximum Gasteiger partial charge on any atom is 0.573 e. The van der Waals surface area contributed by atoms with Crippen LogP contribution in [0.4, 0.5) is 13.2 Å². The zero-order chi connectivity index (χ0) is 18.5. The largest absolute Gasteiger partial charge is 0.573 e. The summed E-state index contributed by atoms with van der Waals surface area (Å²) in [5.74, 6) is -0.459. The van der Waals surface area contributed by atoms with Crippen molar-refractivity contribution in [3.8, 4) is 5.75 Å². The molecule has 1 rings (SSSR count). The van der Waals surface area contributed by atoms with Gasteiger partial charge in [0.1, 0.15) is 5.75 Å². The molecule has 0 fully saturated rings. The van der Waals surface area contributed by atoms with Crippen molar-refractivity contribution in [1.82, 2.24) is 9.62 Å². The lowest BCUT2D eigenvalue weighted by molar-refractivity contribution is -0.274. The van der Waals surface area contributed by atoms with E-state index in [0.717, 1.165) is 24.3 Å². The number of halogens is 3. The summed E-state index contributed by atoms with van der Waals surface area (Å²) in [6, 6.07) is 4.15. The molecule has 0 aliphatic carbocycles. The lowest BCUT2D eigenvalue weighted by Gasteiger charge is -2.26. The molecule has 0 amide bonds. The third-order valence-corrected chi connectivity index (χ3v) is 5.21. The van der Waals surface area contributed by atoms with Crippen molar-refractivity contribution >= 4 is 10.0 Å². The Morgan fingerprint density at radius 3 is 2.08 bits per heavy atom. The fraction of sp³-hybridized carbons (Fsp3) is 0.600. The van der Waals surface area contributed by atoms with E-state index >= 15 is 0 Å². The number of hydrogen-bond donors (Lipinski definition) is 1.